The van der Waals surface area contributed by atoms with Crippen LogP contribution in [0.4, 0.5) is 11.4 Å². The first-order valence-electron chi connectivity index (χ1n) is 6.49. The lowest BCUT2D eigenvalue weighted by Crippen LogP contribution is -2.30. The van der Waals surface area contributed by atoms with Gasteiger partial charge in [0.15, 0.2) is 0 Å². The van der Waals surface area contributed by atoms with Gasteiger partial charge in [-0.15, -0.1) is 0 Å². The van der Waals surface area contributed by atoms with E-state index >= 15 is 0 Å². The van der Waals surface area contributed by atoms with Gasteiger partial charge in [0.05, 0.1) is 25.6 Å². The van der Waals surface area contributed by atoms with E-state index in [0.29, 0.717) is 10.7 Å². The van der Waals surface area contributed by atoms with Crippen LogP contribution in [0.5, 0.6) is 0 Å². The SMILES string of the molecule is CCN(c1ccc(Cl)c(Cl)c1)S(=O)(=O)c1cccc([N+](=O)[O-])c1. The van der Waals surface area contributed by atoms with Crippen molar-refractivity contribution in [3.8, 4) is 0 Å². The molecule has 0 aliphatic heterocycles. The fourth-order valence-corrected chi connectivity index (χ4v) is 3.81. The summed E-state index contributed by atoms with van der Waals surface area (Å²) in [6.45, 7) is 1.78. The van der Waals surface area contributed by atoms with Crippen LogP contribution < -0.4 is 4.31 Å². The number of halogens is 2. The first-order valence-corrected chi connectivity index (χ1v) is 8.69. The molecule has 0 saturated heterocycles. The number of hydrogen-bond donors (Lipinski definition) is 0. The number of sulfonamides is 1. The van der Waals surface area contributed by atoms with Crippen molar-refractivity contribution in [2.45, 2.75) is 11.8 Å². The van der Waals surface area contributed by atoms with E-state index in [4.69, 9.17) is 23.2 Å². The minimum absolute atomic E-state index is 0.128. The number of nitro benzene ring substituents is 1. The maximum absolute atomic E-state index is 12.8. The molecule has 0 heterocycles. The van der Waals surface area contributed by atoms with Crippen LogP contribution in [0, 0.1) is 10.1 Å². The second-order valence-electron chi connectivity index (χ2n) is 4.52. The van der Waals surface area contributed by atoms with E-state index in [2.05, 4.69) is 0 Å². The largest absolute Gasteiger partial charge is 0.270 e. The summed E-state index contributed by atoms with van der Waals surface area (Å²) in [5.41, 5.74) is 0.0321. The van der Waals surface area contributed by atoms with Crippen LogP contribution in [0.2, 0.25) is 10.0 Å². The van der Waals surface area contributed by atoms with Gasteiger partial charge in [-0.25, -0.2) is 8.42 Å². The molecule has 2 rings (SSSR count). The van der Waals surface area contributed by atoms with Gasteiger partial charge in [0.2, 0.25) is 0 Å². The van der Waals surface area contributed by atoms with Crippen molar-refractivity contribution in [1.82, 2.24) is 0 Å². The summed E-state index contributed by atoms with van der Waals surface area (Å²) in [7, 11) is -3.96. The Balaban J connectivity index is 2.53. The van der Waals surface area contributed by atoms with Crippen LogP contribution >= 0.6 is 23.2 Å². The van der Waals surface area contributed by atoms with Crippen molar-refractivity contribution in [2.75, 3.05) is 10.8 Å². The minimum atomic E-state index is -3.96. The Morgan fingerprint density at radius 1 is 1.13 bits per heavy atom. The molecule has 6 nitrogen and oxygen atoms in total. The Hall–Kier alpha value is -1.83. The summed E-state index contributed by atoms with van der Waals surface area (Å²) >= 11 is 11.8. The molecule has 0 atom stereocenters. The summed E-state index contributed by atoms with van der Waals surface area (Å²) in [5, 5.41) is 11.4. The Bertz CT molecular complexity index is 856. The van der Waals surface area contributed by atoms with Crippen molar-refractivity contribution >= 4 is 44.6 Å². The predicted octanol–water partition coefficient (Wildman–Crippen LogP) is 4.12. The van der Waals surface area contributed by atoms with Crippen molar-refractivity contribution in [2.24, 2.45) is 0 Å². The molecule has 0 N–H and O–H groups in total. The van der Waals surface area contributed by atoms with Gasteiger partial charge in [0, 0.05) is 18.7 Å². The maximum atomic E-state index is 12.8. The smallest absolute Gasteiger partial charge is 0.267 e. The first-order chi connectivity index (χ1) is 10.8. The van der Waals surface area contributed by atoms with Gasteiger partial charge in [0.1, 0.15) is 0 Å². The van der Waals surface area contributed by atoms with Crippen LogP contribution in [0.15, 0.2) is 47.4 Å². The molecule has 122 valence electrons. The Morgan fingerprint density at radius 3 is 2.39 bits per heavy atom. The fourth-order valence-electron chi connectivity index (χ4n) is 2.02. The van der Waals surface area contributed by atoms with E-state index in [1.165, 1.54) is 36.4 Å². The summed E-state index contributed by atoms with van der Waals surface area (Å²) in [5.74, 6) is 0. The minimum Gasteiger partial charge on any atom is -0.267 e. The molecule has 2 aromatic carbocycles. The lowest BCUT2D eigenvalue weighted by atomic mass is 10.3. The van der Waals surface area contributed by atoms with Gasteiger partial charge in [-0.3, -0.25) is 14.4 Å². The predicted molar refractivity (Wildman–Crippen MR) is 89.8 cm³/mol. The number of hydrogen-bond acceptors (Lipinski definition) is 4. The molecule has 0 aliphatic rings. The molecule has 0 bridgehead atoms. The average Bonchev–Trinajstić information content (AvgIpc) is 2.51. The molecule has 0 saturated carbocycles. The van der Waals surface area contributed by atoms with E-state index in [0.717, 1.165) is 10.4 Å². The zero-order valence-electron chi connectivity index (χ0n) is 11.9. The number of rotatable bonds is 5. The van der Waals surface area contributed by atoms with E-state index in [1.54, 1.807) is 6.92 Å². The van der Waals surface area contributed by atoms with Gasteiger partial charge < -0.3 is 0 Å². The molecule has 0 unspecified atom stereocenters. The normalized spacial score (nSPS) is 11.3. The van der Waals surface area contributed by atoms with Gasteiger partial charge in [0.25, 0.3) is 15.7 Å². The molecule has 0 aliphatic carbocycles. The Labute approximate surface area is 143 Å². The molecule has 23 heavy (non-hydrogen) atoms. The van der Waals surface area contributed by atoms with Crippen molar-refractivity contribution in [1.29, 1.82) is 0 Å². The quantitative estimate of drug-likeness (QED) is 0.582. The number of nitro groups is 1. The lowest BCUT2D eigenvalue weighted by molar-refractivity contribution is -0.385. The fraction of sp³-hybridized carbons (Fsp3) is 0.143. The topological polar surface area (TPSA) is 80.5 Å². The molecule has 2 aromatic rings. The van der Waals surface area contributed by atoms with E-state index < -0.39 is 14.9 Å². The molecular formula is C14H12Cl2N2O4S. The van der Waals surface area contributed by atoms with Crippen molar-refractivity contribution in [3.05, 3.63) is 62.6 Å². The highest BCUT2D eigenvalue weighted by molar-refractivity contribution is 7.92. The molecule has 0 spiro atoms. The van der Waals surface area contributed by atoms with Gasteiger partial charge >= 0.3 is 0 Å². The number of anilines is 1. The van der Waals surface area contributed by atoms with Crippen molar-refractivity contribution < 1.29 is 13.3 Å². The third-order valence-corrected chi connectivity index (χ3v) is 5.73. The molecular weight excluding hydrogens is 363 g/mol. The highest BCUT2D eigenvalue weighted by atomic mass is 35.5. The average molecular weight is 375 g/mol. The summed E-state index contributed by atoms with van der Waals surface area (Å²) in [4.78, 5) is 10.0. The zero-order chi connectivity index (χ0) is 17.2. The van der Waals surface area contributed by atoms with Crippen LogP contribution in [0.3, 0.4) is 0 Å². The molecule has 0 radical (unpaired) electrons. The van der Waals surface area contributed by atoms with Crippen LogP contribution in [-0.2, 0) is 10.0 Å². The molecule has 0 fully saturated rings. The van der Waals surface area contributed by atoms with Gasteiger partial charge in [-0.1, -0.05) is 29.3 Å². The maximum Gasteiger partial charge on any atom is 0.270 e. The monoisotopic (exact) mass is 374 g/mol. The van der Waals surface area contributed by atoms with Crippen LogP contribution in [-0.4, -0.2) is 19.9 Å². The molecule has 9 heteroatoms. The second kappa shape index (κ2) is 6.74. The van der Waals surface area contributed by atoms with E-state index in [-0.39, 0.29) is 22.2 Å². The molecule has 0 aromatic heterocycles. The summed E-state index contributed by atoms with van der Waals surface area (Å²) < 4.78 is 26.6. The van der Waals surface area contributed by atoms with Gasteiger partial charge in [-0.05, 0) is 31.2 Å². The van der Waals surface area contributed by atoms with E-state index in [1.807, 2.05) is 0 Å². The highest BCUT2D eigenvalue weighted by Gasteiger charge is 2.25. The van der Waals surface area contributed by atoms with Crippen molar-refractivity contribution in [3.63, 3.8) is 0 Å². The second-order valence-corrected chi connectivity index (χ2v) is 7.20. The van der Waals surface area contributed by atoms with Crippen LogP contribution in [0.1, 0.15) is 6.92 Å². The summed E-state index contributed by atoms with van der Waals surface area (Å²) in [6.07, 6.45) is 0. The Morgan fingerprint density at radius 2 is 1.83 bits per heavy atom. The number of non-ortho nitro benzene ring substituents is 1. The van der Waals surface area contributed by atoms with E-state index in [9.17, 15) is 18.5 Å². The van der Waals surface area contributed by atoms with Gasteiger partial charge in [-0.2, -0.15) is 0 Å². The number of benzene rings is 2. The third kappa shape index (κ3) is 3.57. The standard InChI is InChI=1S/C14H12Cl2N2O4S/c1-2-17(10-6-7-13(15)14(16)9-10)23(21,22)12-5-3-4-11(8-12)18(19)20/h3-9H,2H2,1H3. The zero-order valence-corrected chi connectivity index (χ0v) is 14.3. The highest BCUT2D eigenvalue weighted by Crippen LogP contribution is 2.31. The lowest BCUT2D eigenvalue weighted by Gasteiger charge is -2.23. The van der Waals surface area contributed by atoms with Crippen LogP contribution in [0.25, 0.3) is 0 Å². The number of nitrogens with zero attached hydrogens (tertiary/aromatic N) is 2. The summed E-state index contributed by atoms with van der Waals surface area (Å²) in [6, 6.07) is 9.33. The molecule has 0 amide bonds. The Kier molecular flexibility index (Phi) is 5.13. The first kappa shape index (κ1) is 17.5. The third-order valence-electron chi connectivity index (χ3n) is 3.09.